The lowest BCUT2D eigenvalue weighted by molar-refractivity contribution is -0.129. The van der Waals surface area contributed by atoms with Gasteiger partial charge in [-0.1, -0.05) is 13.8 Å². The van der Waals surface area contributed by atoms with Crippen molar-refractivity contribution in [3.05, 3.63) is 53.5 Å². The molecule has 0 radical (unpaired) electrons. The molecule has 4 rings (SSSR count). The number of carbonyl (C=O) groups is 1. The fourth-order valence-electron chi connectivity index (χ4n) is 3.96. The van der Waals surface area contributed by atoms with Crippen molar-refractivity contribution in [1.29, 1.82) is 0 Å². The molecule has 0 saturated carbocycles. The average molecular weight is 351 g/mol. The van der Waals surface area contributed by atoms with Crippen LogP contribution in [0.5, 0.6) is 0 Å². The van der Waals surface area contributed by atoms with E-state index in [0.29, 0.717) is 12.3 Å². The standard InChI is InChI=1S/C21H25N3O2/c1-14(2)18-11-19-16(13-26-20(19)9-15(18)3)10-21(25)23-8-5-17(12-23)24-7-4-6-22-24/h4,6-7,9,11,13-14,17H,5,8,10,12H2,1-3H3. The predicted octanol–water partition coefficient (Wildman–Crippen LogP) is 4.08. The molecule has 3 heterocycles. The number of hydrogen-bond donors (Lipinski definition) is 0. The Hall–Kier alpha value is -2.56. The van der Waals surface area contributed by atoms with Gasteiger partial charge in [0.05, 0.1) is 18.7 Å². The molecule has 1 fully saturated rings. The van der Waals surface area contributed by atoms with Gasteiger partial charge in [-0.25, -0.2) is 0 Å². The number of aromatic nitrogens is 2. The SMILES string of the molecule is Cc1cc2occ(CC(=O)N3CCC(n4cccn4)C3)c2cc1C(C)C. The monoisotopic (exact) mass is 351 g/mol. The van der Waals surface area contributed by atoms with Crippen molar-refractivity contribution >= 4 is 16.9 Å². The van der Waals surface area contributed by atoms with Gasteiger partial charge in [0.2, 0.25) is 5.91 Å². The van der Waals surface area contributed by atoms with Gasteiger partial charge in [-0.05, 0) is 48.6 Å². The number of rotatable bonds is 4. The lowest BCUT2D eigenvalue weighted by Gasteiger charge is -2.16. The van der Waals surface area contributed by atoms with E-state index in [0.717, 1.165) is 36.0 Å². The molecule has 26 heavy (non-hydrogen) atoms. The van der Waals surface area contributed by atoms with E-state index >= 15 is 0 Å². The average Bonchev–Trinajstić information content (AvgIpc) is 3.34. The van der Waals surface area contributed by atoms with Gasteiger partial charge in [0.15, 0.2) is 0 Å². The first kappa shape index (κ1) is 16.9. The van der Waals surface area contributed by atoms with E-state index in [1.54, 1.807) is 12.5 Å². The highest BCUT2D eigenvalue weighted by Gasteiger charge is 2.28. The highest BCUT2D eigenvalue weighted by atomic mass is 16.3. The molecule has 1 aliphatic heterocycles. The number of hydrogen-bond acceptors (Lipinski definition) is 3. The number of furan rings is 1. The summed E-state index contributed by atoms with van der Waals surface area (Å²) in [6, 6.07) is 6.49. The summed E-state index contributed by atoms with van der Waals surface area (Å²) < 4.78 is 7.68. The van der Waals surface area contributed by atoms with Crippen LogP contribution in [0.15, 0.2) is 41.3 Å². The molecule has 1 amide bonds. The van der Waals surface area contributed by atoms with E-state index < -0.39 is 0 Å². The Balaban J connectivity index is 1.52. The van der Waals surface area contributed by atoms with Crippen molar-refractivity contribution in [2.75, 3.05) is 13.1 Å². The van der Waals surface area contributed by atoms with Crippen molar-refractivity contribution in [2.45, 2.75) is 45.6 Å². The third kappa shape index (κ3) is 3.02. The zero-order valence-electron chi connectivity index (χ0n) is 15.6. The van der Waals surface area contributed by atoms with Crippen molar-refractivity contribution in [1.82, 2.24) is 14.7 Å². The summed E-state index contributed by atoms with van der Waals surface area (Å²) in [7, 11) is 0. The van der Waals surface area contributed by atoms with Crippen LogP contribution in [-0.2, 0) is 11.2 Å². The second kappa shape index (κ2) is 6.63. The van der Waals surface area contributed by atoms with E-state index in [1.807, 2.05) is 21.8 Å². The number of nitrogens with zero attached hydrogens (tertiary/aromatic N) is 3. The Morgan fingerprint density at radius 3 is 2.96 bits per heavy atom. The molecule has 5 nitrogen and oxygen atoms in total. The third-order valence-electron chi connectivity index (χ3n) is 5.42. The fourth-order valence-corrected chi connectivity index (χ4v) is 3.96. The summed E-state index contributed by atoms with van der Waals surface area (Å²) in [6.45, 7) is 8.02. The molecular formula is C21H25N3O2. The second-order valence-corrected chi connectivity index (χ2v) is 7.57. The quantitative estimate of drug-likeness (QED) is 0.712. The van der Waals surface area contributed by atoms with Crippen LogP contribution in [0, 0.1) is 6.92 Å². The second-order valence-electron chi connectivity index (χ2n) is 7.57. The molecule has 0 spiro atoms. The van der Waals surface area contributed by atoms with Crippen LogP contribution in [0.25, 0.3) is 11.0 Å². The van der Waals surface area contributed by atoms with Crippen LogP contribution in [-0.4, -0.2) is 33.7 Å². The van der Waals surface area contributed by atoms with Gasteiger partial charge < -0.3 is 9.32 Å². The Morgan fingerprint density at radius 1 is 1.38 bits per heavy atom. The van der Waals surface area contributed by atoms with Gasteiger partial charge in [0.1, 0.15) is 5.58 Å². The first-order valence-corrected chi connectivity index (χ1v) is 9.30. The normalized spacial score (nSPS) is 17.5. The summed E-state index contributed by atoms with van der Waals surface area (Å²) in [4.78, 5) is 14.8. The van der Waals surface area contributed by atoms with Crippen molar-refractivity contribution < 1.29 is 9.21 Å². The zero-order chi connectivity index (χ0) is 18.3. The number of carbonyl (C=O) groups excluding carboxylic acids is 1. The van der Waals surface area contributed by atoms with Crippen molar-refractivity contribution in [2.24, 2.45) is 0 Å². The molecule has 1 aliphatic rings. The van der Waals surface area contributed by atoms with Crippen LogP contribution in [0.3, 0.4) is 0 Å². The fraction of sp³-hybridized carbons (Fsp3) is 0.429. The van der Waals surface area contributed by atoms with Gasteiger partial charge in [-0.15, -0.1) is 0 Å². The molecule has 3 aromatic rings. The molecule has 1 aromatic carbocycles. The largest absolute Gasteiger partial charge is 0.464 e. The van der Waals surface area contributed by atoms with E-state index in [2.05, 4.69) is 38.0 Å². The molecule has 0 bridgehead atoms. The molecule has 5 heteroatoms. The third-order valence-corrected chi connectivity index (χ3v) is 5.42. The van der Waals surface area contributed by atoms with Crippen molar-refractivity contribution in [3.8, 4) is 0 Å². The van der Waals surface area contributed by atoms with Crippen LogP contribution < -0.4 is 0 Å². The first-order valence-electron chi connectivity index (χ1n) is 9.30. The molecule has 1 atom stereocenters. The maximum Gasteiger partial charge on any atom is 0.227 e. The van der Waals surface area contributed by atoms with Crippen LogP contribution in [0.1, 0.15) is 48.9 Å². The molecule has 136 valence electrons. The Morgan fingerprint density at radius 2 is 2.23 bits per heavy atom. The Kier molecular flexibility index (Phi) is 4.31. The number of amides is 1. The zero-order valence-corrected chi connectivity index (χ0v) is 15.6. The van der Waals surface area contributed by atoms with Crippen LogP contribution in [0.2, 0.25) is 0 Å². The van der Waals surface area contributed by atoms with Gasteiger partial charge in [-0.2, -0.15) is 5.10 Å². The minimum Gasteiger partial charge on any atom is -0.464 e. The summed E-state index contributed by atoms with van der Waals surface area (Å²) in [6.07, 6.45) is 6.84. The Labute approximate surface area is 153 Å². The molecular weight excluding hydrogens is 326 g/mol. The molecule has 1 unspecified atom stereocenters. The van der Waals surface area contributed by atoms with Gasteiger partial charge in [0, 0.05) is 36.4 Å². The highest BCUT2D eigenvalue weighted by Crippen LogP contribution is 2.30. The highest BCUT2D eigenvalue weighted by molar-refractivity contribution is 5.88. The van der Waals surface area contributed by atoms with E-state index in [1.165, 1.54) is 11.1 Å². The van der Waals surface area contributed by atoms with Gasteiger partial charge >= 0.3 is 0 Å². The molecule has 2 aromatic heterocycles. The van der Waals surface area contributed by atoms with E-state index in [9.17, 15) is 4.79 Å². The van der Waals surface area contributed by atoms with Crippen LogP contribution in [0.4, 0.5) is 0 Å². The minimum absolute atomic E-state index is 0.161. The van der Waals surface area contributed by atoms with E-state index in [-0.39, 0.29) is 11.9 Å². The molecule has 0 N–H and O–H groups in total. The topological polar surface area (TPSA) is 51.3 Å². The number of likely N-dealkylation sites (tertiary alicyclic amines) is 1. The summed E-state index contributed by atoms with van der Waals surface area (Å²) >= 11 is 0. The maximum atomic E-state index is 12.8. The first-order chi connectivity index (χ1) is 12.5. The van der Waals surface area contributed by atoms with Gasteiger partial charge in [-0.3, -0.25) is 9.48 Å². The number of benzene rings is 1. The lowest BCUT2D eigenvalue weighted by Crippen LogP contribution is -2.30. The predicted molar refractivity (Wildman–Crippen MR) is 101 cm³/mol. The maximum absolute atomic E-state index is 12.8. The molecule has 0 aliphatic carbocycles. The van der Waals surface area contributed by atoms with Gasteiger partial charge in [0.25, 0.3) is 0 Å². The van der Waals surface area contributed by atoms with E-state index in [4.69, 9.17) is 4.42 Å². The number of aryl methyl sites for hydroxylation is 1. The van der Waals surface area contributed by atoms with Crippen LogP contribution >= 0.6 is 0 Å². The number of fused-ring (bicyclic) bond motifs is 1. The lowest BCUT2D eigenvalue weighted by atomic mass is 9.95. The smallest absolute Gasteiger partial charge is 0.227 e. The Bertz CT molecular complexity index is 924. The summed E-state index contributed by atoms with van der Waals surface area (Å²) in [5.74, 6) is 0.611. The summed E-state index contributed by atoms with van der Waals surface area (Å²) in [5, 5.41) is 5.37. The summed E-state index contributed by atoms with van der Waals surface area (Å²) in [5.41, 5.74) is 4.40. The molecule has 1 saturated heterocycles. The minimum atomic E-state index is 0.161. The van der Waals surface area contributed by atoms with Crippen molar-refractivity contribution in [3.63, 3.8) is 0 Å².